The van der Waals surface area contributed by atoms with Gasteiger partial charge in [-0.05, 0) is 37.5 Å². The molecular formula is C15H22O3. The fraction of sp³-hybridized carbons (Fsp3) is 0.600. The molecule has 1 fully saturated rings. The van der Waals surface area contributed by atoms with E-state index >= 15 is 0 Å². The number of rotatable bonds is 5. The Morgan fingerprint density at radius 2 is 2.11 bits per heavy atom. The highest BCUT2D eigenvalue weighted by Gasteiger charge is 2.42. The molecule has 0 amide bonds. The monoisotopic (exact) mass is 250 g/mol. The van der Waals surface area contributed by atoms with Gasteiger partial charge in [0.25, 0.3) is 0 Å². The molecule has 3 heteroatoms. The van der Waals surface area contributed by atoms with Gasteiger partial charge in [0.1, 0.15) is 18.0 Å². The lowest BCUT2D eigenvalue weighted by atomic mass is 9.88. The quantitative estimate of drug-likeness (QED) is 0.873. The van der Waals surface area contributed by atoms with Gasteiger partial charge in [-0.3, -0.25) is 0 Å². The highest BCUT2D eigenvalue weighted by atomic mass is 16.6. The van der Waals surface area contributed by atoms with Crippen LogP contribution in [0.2, 0.25) is 0 Å². The average Bonchev–Trinajstić information content (AvgIpc) is 2.34. The van der Waals surface area contributed by atoms with E-state index in [-0.39, 0.29) is 18.3 Å². The Kier molecular flexibility index (Phi) is 4.25. The smallest absolute Gasteiger partial charge is 0.130 e. The minimum absolute atomic E-state index is 0.0213. The molecule has 0 spiro atoms. The number of aliphatic hydroxyl groups is 1. The van der Waals surface area contributed by atoms with E-state index in [1.807, 2.05) is 12.1 Å². The lowest BCUT2D eigenvalue weighted by Crippen LogP contribution is -2.55. The predicted octanol–water partition coefficient (Wildman–Crippen LogP) is 2.61. The number of hydrogen-bond acceptors (Lipinski definition) is 3. The van der Waals surface area contributed by atoms with Crippen LogP contribution in [0.3, 0.4) is 0 Å². The van der Waals surface area contributed by atoms with Crippen molar-refractivity contribution in [3.8, 4) is 5.75 Å². The van der Waals surface area contributed by atoms with Gasteiger partial charge in [-0.1, -0.05) is 19.1 Å². The number of aliphatic hydroxyl groups excluding tert-OH is 1. The first-order valence-electron chi connectivity index (χ1n) is 6.66. The summed E-state index contributed by atoms with van der Waals surface area (Å²) >= 11 is 0. The van der Waals surface area contributed by atoms with Gasteiger partial charge < -0.3 is 14.6 Å². The summed E-state index contributed by atoms with van der Waals surface area (Å²) in [5.74, 6) is 0.900. The molecule has 1 aromatic carbocycles. The SMILES string of the molecule is CCCOC1C(O)CC1Oc1cccc(C)c1C. The van der Waals surface area contributed by atoms with Gasteiger partial charge in [0.15, 0.2) is 0 Å². The van der Waals surface area contributed by atoms with Crippen LogP contribution in [0.15, 0.2) is 18.2 Å². The van der Waals surface area contributed by atoms with E-state index in [2.05, 4.69) is 26.8 Å². The summed E-state index contributed by atoms with van der Waals surface area (Å²) in [6.45, 7) is 6.87. The first-order chi connectivity index (χ1) is 8.63. The normalized spacial score (nSPS) is 26.8. The van der Waals surface area contributed by atoms with Crippen LogP contribution in [0.5, 0.6) is 5.75 Å². The molecule has 0 bridgehead atoms. The zero-order valence-corrected chi connectivity index (χ0v) is 11.3. The number of aryl methyl sites for hydroxylation is 1. The Labute approximate surface area is 109 Å². The third-order valence-electron chi connectivity index (χ3n) is 3.57. The summed E-state index contributed by atoms with van der Waals surface area (Å²) in [6.07, 6.45) is 1.03. The van der Waals surface area contributed by atoms with Crippen molar-refractivity contribution in [3.05, 3.63) is 29.3 Å². The summed E-state index contributed by atoms with van der Waals surface area (Å²) in [7, 11) is 0. The minimum Gasteiger partial charge on any atom is -0.487 e. The number of benzene rings is 1. The second-order valence-corrected chi connectivity index (χ2v) is 4.99. The van der Waals surface area contributed by atoms with Gasteiger partial charge in [-0.2, -0.15) is 0 Å². The Bertz CT molecular complexity index is 403. The maximum atomic E-state index is 9.70. The second-order valence-electron chi connectivity index (χ2n) is 4.99. The van der Waals surface area contributed by atoms with Gasteiger partial charge in [-0.25, -0.2) is 0 Å². The summed E-state index contributed by atoms with van der Waals surface area (Å²) in [5.41, 5.74) is 2.38. The number of ether oxygens (including phenoxy) is 2. The van der Waals surface area contributed by atoms with Gasteiger partial charge in [0.05, 0.1) is 6.10 Å². The zero-order valence-electron chi connectivity index (χ0n) is 11.3. The topological polar surface area (TPSA) is 38.7 Å². The van der Waals surface area contributed by atoms with Crippen molar-refractivity contribution in [2.45, 2.75) is 51.9 Å². The Hall–Kier alpha value is -1.06. The van der Waals surface area contributed by atoms with Crippen molar-refractivity contribution in [2.75, 3.05) is 6.61 Å². The van der Waals surface area contributed by atoms with Crippen molar-refractivity contribution in [1.29, 1.82) is 0 Å². The Morgan fingerprint density at radius 3 is 2.78 bits per heavy atom. The Morgan fingerprint density at radius 1 is 1.33 bits per heavy atom. The molecule has 3 atom stereocenters. The highest BCUT2D eigenvalue weighted by Crippen LogP contribution is 2.31. The summed E-state index contributed by atoms with van der Waals surface area (Å²) in [4.78, 5) is 0. The first kappa shape index (κ1) is 13.4. The molecule has 3 nitrogen and oxygen atoms in total. The predicted molar refractivity (Wildman–Crippen MR) is 71.0 cm³/mol. The molecule has 3 unspecified atom stereocenters. The molecule has 1 saturated carbocycles. The fourth-order valence-electron chi connectivity index (χ4n) is 2.16. The number of hydrogen-bond donors (Lipinski definition) is 1. The van der Waals surface area contributed by atoms with Crippen LogP contribution in [0.4, 0.5) is 0 Å². The highest BCUT2D eigenvalue weighted by molar-refractivity contribution is 5.38. The third-order valence-corrected chi connectivity index (χ3v) is 3.57. The first-order valence-corrected chi connectivity index (χ1v) is 6.66. The summed E-state index contributed by atoms with van der Waals surface area (Å²) in [6, 6.07) is 6.04. The summed E-state index contributed by atoms with van der Waals surface area (Å²) in [5, 5.41) is 9.70. The average molecular weight is 250 g/mol. The van der Waals surface area contributed by atoms with Crippen LogP contribution in [-0.2, 0) is 4.74 Å². The molecule has 1 aromatic rings. The molecule has 0 heterocycles. The van der Waals surface area contributed by atoms with Crippen molar-refractivity contribution < 1.29 is 14.6 Å². The fourth-order valence-corrected chi connectivity index (χ4v) is 2.16. The van der Waals surface area contributed by atoms with E-state index in [1.165, 1.54) is 5.56 Å². The van der Waals surface area contributed by atoms with Crippen LogP contribution >= 0.6 is 0 Å². The maximum absolute atomic E-state index is 9.70. The molecule has 2 rings (SSSR count). The molecule has 18 heavy (non-hydrogen) atoms. The van der Waals surface area contributed by atoms with Crippen molar-refractivity contribution in [3.63, 3.8) is 0 Å². The standard InChI is InChI=1S/C15H22O3/c1-4-8-17-15-12(16)9-14(15)18-13-7-5-6-10(2)11(13)3/h5-7,12,14-16H,4,8-9H2,1-3H3. The molecule has 0 aromatic heterocycles. The van der Waals surface area contributed by atoms with Gasteiger partial charge in [-0.15, -0.1) is 0 Å². The Balaban J connectivity index is 1.99. The van der Waals surface area contributed by atoms with Gasteiger partial charge >= 0.3 is 0 Å². The van der Waals surface area contributed by atoms with Crippen LogP contribution in [0.25, 0.3) is 0 Å². The van der Waals surface area contributed by atoms with Crippen LogP contribution < -0.4 is 4.74 Å². The molecule has 1 N–H and O–H groups in total. The minimum atomic E-state index is -0.383. The molecule has 100 valence electrons. The molecular weight excluding hydrogens is 228 g/mol. The lowest BCUT2D eigenvalue weighted by molar-refractivity contribution is -0.162. The molecule has 1 aliphatic carbocycles. The van der Waals surface area contributed by atoms with E-state index in [0.717, 1.165) is 17.7 Å². The van der Waals surface area contributed by atoms with Crippen LogP contribution in [0, 0.1) is 13.8 Å². The zero-order chi connectivity index (χ0) is 13.1. The van der Waals surface area contributed by atoms with E-state index < -0.39 is 0 Å². The molecule has 0 saturated heterocycles. The maximum Gasteiger partial charge on any atom is 0.130 e. The van der Waals surface area contributed by atoms with Gasteiger partial charge in [0, 0.05) is 13.0 Å². The second kappa shape index (κ2) is 5.72. The van der Waals surface area contributed by atoms with E-state index in [1.54, 1.807) is 0 Å². The molecule has 1 aliphatic rings. The largest absolute Gasteiger partial charge is 0.487 e. The van der Waals surface area contributed by atoms with Crippen LogP contribution in [-0.4, -0.2) is 30.0 Å². The van der Waals surface area contributed by atoms with Crippen molar-refractivity contribution in [2.24, 2.45) is 0 Å². The molecule has 0 aliphatic heterocycles. The molecule has 0 radical (unpaired) electrons. The van der Waals surface area contributed by atoms with Gasteiger partial charge in [0.2, 0.25) is 0 Å². The summed E-state index contributed by atoms with van der Waals surface area (Å²) < 4.78 is 11.6. The van der Waals surface area contributed by atoms with E-state index in [4.69, 9.17) is 9.47 Å². The van der Waals surface area contributed by atoms with Crippen molar-refractivity contribution in [1.82, 2.24) is 0 Å². The van der Waals surface area contributed by atoms with E-state index in [0.29, 0.717) is 13.0 Å². The van der Waals surface area contributed by atoms with Crippen molar-refractivity contribution >= 4 is 0 Å². The lowest BCUT2D eigenvalue weighted by Gasteiger charge is -2.41. The van der Waals surface area contributed by atoms with E-state index in [9.17, 15) is 5.11 Å². The van der Waals surface area contributed by atoms with Crippen LogP contribution in [0.1, 0.15) is 30.9 Å². The third kappa shape index (κ3) is 2.68.